The van der Waals surface area contributed by atoms with Crippen LogP contribution in [0.5, 0.6) is 0 Å². The Morgan fingerprint density at radius 1 is 1.08 bits per heavy atom. The minimum atomic E-state index is -1.97. The Morgan fingerprint density at radius 2 is 1.62 bits per heavy atom. The van der Waals surface area contributed by atoms with Crippen molar-refractivity contribution in [3.8, 4) is 6.07 Å². The van der Waals surface area contributed by atoms with Crippen LogP contribution in [0.25, 0.3) is 0 Å². The maximum absolute atomic E-state index is 9.92. The molecule has 4 nitrogen and oxygen atoms in total. The zero-order chi connectivity index (χ0) is 20.2. The lowest BCUT2D eigenvalue weighted by Crippen LogP contribution is -2.52. The standard InChI is InChI=1S/C20H36N2O2Si2/c1-17(23-26(8,9)20(2,3)4)19(15-21)22(24-25(5,6)7)16-18-13-11-10-12-14-18/h10-14,17,19H,16H2,1-9H3/t17-,19-/m0/s1. The molecule has 0 spiro atoms. The fraction of sp³-hybridized carbons (Fsp3) is 0.650. The predicted molar refractivity (Wildman–Crippen MR) is 114 cm³/mol. The topological polar surface area (TPSA) is 45.5 Å². The molecule has 0 bridgehead atoms. The molecule has 0 aliphatic rings. The normalized spacial score (nSPS) is 15.6. The molecule has 0 aromatic heterocycles. The van der Waals surface area contributed by atoms with Crippen LogP contribution >= 0.6 is 0 Å². The molecule has 0 saturated carbocycles. The number of benzene rings is 1. The van der Waals surface area contributed by atoms with Crippen LogP contribution in [0.15, 0.2) is 30.3 Å². The summed E-state index contributed by atoms with van der Waals surface area (Å²) in [6.45, 7) is 20.1. The number of hydroxylamine groups is 2. The number of hydrogen-bond donors (Lipinski definition) is 0. The van der Waals surface area contributed by atoms with Crippen molar-refractivity contribution in [2.75, 3.05) is 0 Å². The van der Waals surface area contributed by atoms with Crippen LogP contribution in [0.4, 0.5) is 0 Å². The molecule has 0 N–H and O–H groups in total. The molecule has 26 heavy (non-hydrogen) atoms. The zero-order valence-corrected chi connectivity index (χ0v) is 20.0. The molecule has 0 aliphatic heterocycles. The summed E-state index contributed by atoms with van der Waals surface area (Å²) < 4.78 is 12.8. The van der Waals surface area contributed by atoms with Crippen LogP contribution in [0, 0.1) is 11.3 Å². The Hall–Kier alpha value is -0.976. The molecule has 1 aromatic carbocycles. The maximum Gasteiger partial charge on any atom is 0.212 e. The molecule has 0 heterocycles. The molecule has 0 radical (unpaired) electrons. The summed E-state index contributed by atoms with van der Waals surface area (Å²) in [7, 11) is -3.83. The van der Waals surface area contributed by atoms with E-state index in [0.29, 0.717) is 6.54 Å². The van der Waals surface area contributed by atoms with Crippen LogP contribution in [-0.4, -0.2) is 33.8 Å². The van der Waals surface area contributed by atoms with Crippen molar-refractivity contribution in [3.63, 3.8) is 0 Å². The summed E-state index contributed by atoms with van der Waals surface area (Å²) in [5.74, 6) is 0. The molecule has 6 heteroatoms. The SMILES string of the molecule is C[C@H](O[Si](C)(C)C(C)(C)C)[C@H](C#N)N(Cc1ccccc1)O[Si](C)(C)C. The molecular formula is C20H36N2O2Si2. The van der Waals surface area contributed by atoms with Crippen LogP contribution < -0.4 is 0 Å². The first-order valence-electron chi connectivity index (χ1n) is 9.34. The molecule has 0 aliphatic carbocycles. The highest BCUT2D eigenvalue weighted by atomic mass is 28.4. The fourth-order valence-electron chi connectivity index (χ4n) is 2.41. The second-order valence-corrected chi connectivity index (χ2v) is 18.6. The van der Waals surface area contributed by atoms with Crippen molar-refractivity contribution in [2.45, 2.75) is 84.2 Å². The van der Waals surface area contributed by atoms with Crippen LogP contribution in [0.1, 0.15) is 33.3 Å². The Balaban J connectivity index is 3.06. The Morgan fingerprint density at radius 3 is 2.04 bits per heavy atom. The van der Waals surface area contributed by atoms with E-state index in [4.69, 9.17) is 8.95 Å². The number of nitrogens with zero attached hydrogens (tertiary/aromatic N) is 2. The second-order valence-electron chi connectivity index (χ2n) is 9.42. The van der Waals surface area contributed by atoms with Crippen molar-refractivity contribution in [3.05, 3.63) is 35.9 Å². The minimum Gasteiger partial charge on any atom is -0.411 e. The van der Waals surface area contributed by atoms with E-state index in [-0.39, 0.29) is 11.1 Å². The summed E-state index contributed by atoms with van der Waals surface area (Å²) in [5, 5.41) is 11.9. The molecule has 0 unspecified atom stereocenters. The summed E-state index contributed by atoms with van der Waals surface area (Å²) in [6.07, 6.45) is -0.221. The number of hydrogen-bond acceptors (Lipinski definition) is 4. The minimum absolute atomic E-state index is 0.102. The van der Waals surface area contributed by atoms with Gasteiger partial charge in [0.2, 0.25) is 8.32 Å². The summed E-state index contributed by atoms with van der Waals surface area (Å²) >= 11 is 0. The van der Waals surface area contributed by atoms with Crippen molar-refractivity contribution >= 4 is 16.6 Å². The van der Waals surface area contributed by atoms with E-state index >= 15 is 0 Å². The van der Waals surface area contributed by atoms with Crippen LogP contribution in [-0.2, 0) is 15.5 Å². The third kappa shape index (κ3) is 6.97. The van der Waals surface area contributed by atoms with Gasteiger partial charge in [-0.25, -0.2) is 0 Å². The van der Waals surface area contributed by atoms with E-state index < -0.39 is 22.7 Å². The van der Waals surface area contributed by atoms with Crippen LogP contribution in [0.3, 0.4) is 0 Å². The Kier molecular flexibility index (Phi) is 7.81. The Bertz CT molecular complexity index is 601. The van der Waals surface area contributed by atoms with Gasteiger partial charge < -0.3 is 8.95 Å². The van der Waals surface area contributed by atoms with Gasteiger partial charge in [-0.05, 0) is 50.3 Å². The van der Waals surface area contributed by atoms with Crippen molar-refractivity contribution < 1.29 is 8.95 Å². The quantitative estimate of drug-likeness (QED) is 0.429. The van der Waals surface area contributed by atoms with E-state index in [0.717, 1.165) is 5.56 Å². The summed E-state index contributed by atoms with van der Waals surface area (Å²) in [4.78, 5) is 0. The average Bonchev–Trinajstić information content (AvgIpc) is 2.45. The zero-order valence-electron chi connectivity index (χ0n) is 18.0. The van der Waals surface area contributed by atoms with Gasteiger partial charge in [-0.3, -0.25) is 0 Å². The molecule has 146 valence electrons. The molecule has 2 atom stereocenters. The van der Waals surface area contributed by atoms with Gasteiger partial charge in [0.25, 0.3) is 0 Å². The van der Waals surface area contributed by atoms with Gasteiger partial charge >= 0.3 is 0 Å². The lowest BCUT2D eigenvalue weighted by Gasteiger charge is -2.42. The average molecular weight is 393 g/mol. The summed E-state index contributed by atoms with van der Waals surface area (Å²) in [5.41, 5.74) is 1.13. The maximum atomic E-state index is 9.92. The molecule has 0 fully saturated rings. The van der Waals surface area contributed by atoms with E-state index in [1.54, 1.807) is 0 Å². The van der Waals surface area contributed by atoms with Gasteiger partial charge in [-0.15, -0.1) is 0 Å². The lowest BCUT2D eigenvalue weighted by atomic mass is 10.1. The molecule has 0 amide bonds. The third-order valence-corrected chi connectivity index (χ3v) is 10.1. The first kappa shape index (κ1) is 23.1. The highest BCUT2D eigenvalue weighted by Crippen LogP contribution is 2.38. The highest BCUT2D eigenvalue weighted by Gasteiger charge is 2.41. The monoisotopic (exact) mass is 392 g/mol. The molecular weight excluding hydrogens is 356 g/mol. The first-order chi connectivity index (χ1) is 11.8. The van der Waals surface area contributed by atoms with Gasteiger partial charge in [-0.1, -0.05) is 51.1 Å². The van der Waals surface area contributed by atoms with Gasteiger partial charge in [0.05, 0.1) is 12.2 Å². The van der Waals surface area contributed by atoms with Gasteiger partial charge in [-0.2, -0.15) is 10.3 Å². The van der Waals surface area contributed by atoms with E-state index in [9.17, 15) is 5.26 Å². The highest BCUT2D eigenvalue weighted by molar-refractivity contribution is 6.74. The van der Waals surface area contributed by atoms with E-state index in [1.807, 2.05) is 30.2 Å². The molecule has 1 aromatic rings. The second kappa shape index (κ2) is 8.81. The number of rotatable bonds is 8. The largest absolute Gasteiger partial charge is 0.411 e. The lowest BCUT2D eigenvalue weighted by molar-refractivity contribution is -0.120. The third-order valence-electron chi connectivity index (χ3n) is 4.75. The van der Waals surface area contributed by atoms with Gasteiger partial charge in [0, 0.05) is 6.54 Å². The first-order valence-corrected chi connectivity index (χ1v) is 15.7. The van der Waals surface area contributed by atoms with E-state index in [2.05, 4.69) is 71.7 Å². The molecule has 0 saturated heterocycles. The van der Waals surface area contributed by atoms with E-state index in [1.165, 1.54) is 0 Å². The molecule has 1 rings (SSSR count). The van der Waals surface area contributed by atoms with Crippen LogP contribution in [0.2, 0.25) is 37.8 Å². The van der Waals surface area contributed by atoms with Crippen molar-refractivity contribution in [1.82, 2.24) is 5.06 Å². The number of nitriles is 1. The smallest absolute Gasteiger partial charge is 0.212 e. The predicted octanol–water partition coefficient (Wildman–Crippen LogP) is 5.56. The van der Waals surface area contributed by atoms with Crippen molar-refractivity contribution in [2.24, 2.45) is 0 Å². The fourth-order valence-corrected chi connectivity index (χ4v) is 4.71. The van der Waals surface area contributed by atoms with Gasteiger partial charge in [0.1, 0.15) is 6.04 Å². The summed E-state index contributed by atoms with van der Waals surface area (Å²) in [6, 6.07) is 12.1. The Labute approximate surface area is 162 Å². The van der Waals surface area contributed by atoms with Gasteiger partial charge in [0.15, 0.2) is 8.32 Å². The van der Waals surface area contributed by atoms with Crippen molar-refractivity contribution in [1.29, 1.82) is 5.26 Å².